The standard InChI is InChI=1S/C22H26N2O3/c1-16-10-17(2)12-19(11-16)14-23-8-9-24(15-21(23)26)22(27)20(25)13-18-6-4-3-5-7-18/h3-7,10-12,20,25H,8-9,13-15H2,1-2H3/t20-/m0/s1. The molecule has 5 nitrogen and oxygen atoms in total. The summed E-state index contributed by atoms with van der Waals surface area (Å²) in [5.41, 5.74) is 4.36. The normalized spacial score (nSPS) is 15.7. The van der Waals surface area contributed by atoms with Crippen LogP contribution in [0.25, 0.3) is 0 Å². The average Bonchev–Trinajstić information content (AvgIpc) is 2.63. The van der Waals surface area contributed by atoms with Gasteiger partial charge in [-0.25, -0.2) is 0 Å². The van der Waals surface area contributed by atoms with Crippen LogP contribution < -0.4 is 0 Å². The van der Waals surface area contributed by atoms with Gasteiger partial charge in [0.05, 0.1) is 6.54 Å². The molecule has 0 spiro atoms. The van der Waals surface area contributed by atoms with Crippen molar-refractivity contribution >= 4 is 11.8 Å². The highest BCUT2D eigenvalue weighted by Crippen LogP contribution is 2.15. The van der Waals surface area contributed by atoms with Crippen molar-refractivity contribution in [3.8, 4) is 0 Å². The number of carbonyl (C=O) groups is 2. The molecular weight excluding hydrogens is 340 g/mol. The average molecular weight is 366 g/mol. The van der Waals surface area contributed by atoms with Crippen LogP contribution in [-0.2, 0) is 22.6 Å². The van der Waals surface area contributed by atoms with E-state index in [1.165, 1.54) is 16.0 Å². The fourth-order valence-electron chi connectivity index (χ4n) is 3.58. The van der Waals surface area contributed by atoms with Crippen LogP contribution >= 0.6 is 0 Å². The third kappa shape index (κ3) is 4.95. The summed E-state index contributed by atoms with van der Waals surface area (Å²) in [5, 5.41) is 10.3. The van der Waals surface area contributed by atoms with Crippen LogP contribution in [0.2, 0.25) is 0 Å². The Balaban J connectivity index is 1.57. The predicted molar refractivity (Wildman–Crippen MR) is 104 cm³/mol. The maximum atomic E-state index is 12.5. The maximum absolute atomic E-state index is 12.5. The SMILES string of the molecule is Cc1cc(C)cc(CN2CCN(C(=O)[C@@H](O)Cc3ccccc3)CC2=O)c1. The van der Waals surface area contributed by atoms with Crippen LogP contribution in [0.3, 0.4) is 0 Å². The third-order valence-electron chi connectivity index (χ3n) is 4.84. The smallest absolute Gasteiger partial charge is 0.252 e. The fraction of sp³-hybridized carbons (Fsp3) is 0.364. The number of benzene rings is 2. The maximum Gasteiger partial charge on any atom is 0.252 e. The van der Waals surface area contributed by atoms with Crippen molar-refractivity contribution in [3.05, 3.63) is 70.8 Å². The van der Waals surface area contributed by atoms with Gasteiger partial charge < -0.3 is 14.9 Å². The van der Waals surface area contributed by atoms with Gasteiger partial charge in [-0.05, 0) is 25.0 Å². The molecule has 0 bridgehead atoms. The van der Waals surface area contributed by atoms with Crippen LogP contribution in [0.15, 0.2) is 48.5 Å². The molecule has 142 valence electrons. The molecule has 2 amide bonds. The molecule has 1 N–H and O–H groups in total. The number of amides is 2. The first-order valence-corrected chi connectivity index (χ1v) is 9.28. The third-order valence-corrected chi connectivity index (χ3v) is 4.84. The molecule has 1 aliphatic heterocycles. The van der Waals surface area contributed by atoms with Crippen molar-refractivity contribution < 1.29 is 14.7 Å². The second-order valence-corrected chi connectivity index (χ2v) is 7.28. The Hall–Kier alpha value is -2.66. The van der Waals surface area contributed by atoms with Gasteiger partial charge in [-0.1, -0.05) is 59.7 Å². The lowest BCUT2D eigenvalue weighted by Gasteiger charge is -2.35. The number of aryl methyl sites for hydroxylation is 2. The highest BCUT2D eigenvalue weighted by Gasteiger charge is 2.30. The van der Waals surface area contributed by atoms with E-state index in [0.29, 0.717) is 19.6 Å². The lowest BCUT2D eigenvalue weighted by molar-refractivity contribution is -0.150. The van der Waals surface area contributed by atoms with Crippen molar-refractivity contribution in [2.24, 2.45) is 0 Å². The first-order chi connectivity index (χ1) is 12.9. The van der Waals surface area contributed by atoms with Gasteiger partial charge in [0.15, 0.2) is 0 Å². The topological polar surface area (TPSA) is 60.9 Å². The first kappa shape index (κ1) is 19.1. The van der Waals surface area contributed by atoms with Crippen molar-refractivity contribution in [2.45, 2.75) is 32.9 Å². The van der Waals surface area contributed by atoms with E-state index in [4.69, 9.17) is 0 Å². The van der Waals surface area contributed by atoms with E-state index in [2.05, 4.69) is 18.2 Å². The Bertz CT molecular complexity index is 799. The molecule has 1 atom stereocenters. The van der Waals surface area contributed by atoms with Gasteiger partial charge >= 0.3 is 0 Å². The zero-order valence-corrected chi connectivity index (χ0v) is 15.9. The minimum absolute atomic E-state index is 0.0233. The molecule has 0 saturated carbocycles. The number of aliphatic hydroxyl groups excluding tert-OH is 1. The zero-order valence-electron chi connectivity index (χ0n) is 15.9. The number of hydrogen-bond acceptors (Lipinski definition) is 3. The quantitative estimate of drug-likeness (QED) is 0.881. The van der Waals surface area contributed by atoms with Crippen LogP contribution in [0.5, 0.6) is 0 Å². The van der Waals surface area contributed by atoms with E-state index in [1.54, 1.807) is 4.90 Å². The lowest BCUT2D eigenvalue weighted by Crippen LogP contribution is -2.54. The Morgan fingerprint density at radius 1 is 1.04 bits per heavy atom. The largest absolute Gasteiger partial charge is 0.383 e. The first-order valence-electron chi connectivity index (χ1n) is 9.28. The Morgan fingerprint density at radius 3 is 2.33 bits per heavy atom. The predicted octanol–water partition coefficient (Wildman–Crippen LogP) is 2.08. The van der Waals surface area contributed by atoms with Crippen LogP contribution in [-0.4, -0.2) is 52.5 Å². The fourth-order valence-corrected chi connectivity index (χ4v) is 3.58. The van der Waals surface area contributed by atoms with E-state index in [9.17, 15) is 14.7 Å². The summed E-state index contributed by atoms with van der Waals surface area (Å²) in [5.74, 6) is -0.459. The monoisotopic (exact) mass is 366 g/mol. The summed E-state index contributed by atoms with van der Waals surface area (Å²) >= 11 is 0. The molecule has 1 fully saturated rings. The molecule has 0 radical (unpaired) electrons. The van der Waals surface area contributed by atoms with Gasteiger partial charge in [0.25, 0.3) is 5.91 Å². The van der Waals surface area contributed by atoms with Gasteiger partial charge in [0.1, 0.15) is 6.10 Å². The number of rotatable bonds is 5. The minimum atomic E-state index is -1.12. The Morgan fingerprint density at radius 2 is 1.70 bits per heavy atom. The molecule has 0 aliphatic carbocycles. The highest BCUT2D eigenvalue weighted by molar-refractivity contribution is 5.88. The molecule has 0 unspecified atom stereocenters. The van der Waals surface area contributed by atoms with E-state index in [1.807, 2.05) is 44.2 Å². The second-order valence-electron chi connectivity index (χ2n) is 7.28. The van der Waals surface area contributed by atoms with E-state index >= 15 is 0 Å². The van der Waals surface area contributed by atoms with Crippen molar-refractivity contribution in [1.29, 1.82) is 0 Å². The number of carbonyl (C=O) groups excluding carboxylic acids is 2. The summed E-state index contributed by atoms with van der Waals surface area (Å²) in [6, 6.07) is 15.7. The molecule has 1 aliphatic rings. The second kappa shape index (κ2) is 8.35. The van der Waals surface area contributed by atoms with Crippen molar-refractivity contribution in [3.63, 3.8) is 0 Å². The number of hydrogen-bond donors (Lipinski definition) is 1. The van der Waals surface area contributed by atoms with Crippen molar-refractivity contribution in [2.75, 3.05) is 19.6 Å². The molecule has 1 saturated heterocycles. The van der Waals surface area contributed by atoms with Gasteiger partial charge in [-0.3, -0.25) is 9.59 Å². The number of nitrogens with zero attached hydrogens (tertiary/aromatic N) is 2. The van der Waals surface area contributed by atoms with E-state index in [0.717, 1.165) is 11.1 Å². The minimum Gasteiger partial charge on any atom is -0.383 e. The van der Waals surface area contributed by atoms with E-state index in [-0.39, 0.29) is 24.8 Å². The zero-order chi connectivity index (χ0) is 19.4. The van der Waals surface area contributed by atoms with Crippen LogP contribution in [0, 0.1) is 13.8 Å². The Labute approximate surface area is 160 Å². The van der Waals surface area contributed by atoms with Gasteiger partial charge in [0, 0.05) is 26.1 Å². The molecule has 1 heterocycles. The summed E-state index contributed by atoms with van der Waals surface area (Å²) in [4.78, 5) is 28.3. The summed E-state index contributed by atoms with van der Waals surface area (Å²) in [7, 11) is 0. The van der Waals surface area contributed by atoms with Crippen LogP contribution in [0.1, 0.15) is 22.3 Å². The molecular formula is C22H26N2O3. The van der Waals surface area contributed by atoms with Gasteiger partial charge in [-0.15, -0.1) is 0 Å². The van der Waals surface area contributed by atoms with Crippen molar-refractivity contribution in [1.82, 2.24) is 9.80 Å². The summed E-state index contributed by atoms with van der Waals surface area (Å²) in [6.07, 6.45) is -0.859. The van der Waals surface area contributed by atoms with Gasteiger partial charge in [0.2, 0.25) is 5.91 Å². The summed E-state index contributed by atoms with van der Waals surface area (Å²) in [6.45, 7) is 5.59. The van der Waals surface area contributed by atoms with Crippen LogP contribution in [0.4, 0.5) is 0 Å². The molecule has 5 heteroatoms. The molecule has 3 rings (SSSR count). The Kier molecular flexibility index (Phi) is 5.91. The number of aliphatic hydroxyl groups is 1. The van der Waals surface area contributed by atoms with Gasteiger partial charge in [-0.2, -0.15) is 0 Å². The van der Waals surface area contributed by atoms with E-state index < -0.39 is 6.10 Å². The summed E-state index contributed by atoms with van der Waals surface area (Å²) < 4.78 is 0. The number of piperazine rings is 1. The highest BCUT2D eigenvalue weighted by atomic mass is 16.3. The molecule has 0 aromatic heterocycles. The molecule has 2 aromatic carbocycles. The molecule has 27 heavy (non-hydrogen) atoms. The lowest BCUT2D eigenvalue weighted by atomic mass is 10.1. The molecule has 2 aromatic rings.